The van der Waals surface area contributed by atoms with Gasteiger partial charge in [-0.25, -0.2) is 0 Å². The number of rotatable bonds is 8. The van der Waals surface area contributed by atoms with Gasteiger partial charge in [0.2, 0.25) is 0 Å². The first-order chi connectivity index (χ1) is 45.8. The van der Waals surface area contributed by atoms with E-state index < -0.39 is 336 Å². The van der Waals surface area contributed by atoms with Crippen LogP contribution in [0.3, 0.4) is 0 Å². The normalized spacial score (nSPS) is 23.6. The van der Waals surface area contributed by atoms with Crippen LogP contribution in [0.2, 0.25) is 0 Å². The van der Waals surface area contributed by atoms with Gasteiger partial charge in [-0.2, -0.15) is 0 Å². The average Bonchev–Trinajstić information content (AvgIpc) is 1.54. The van der Waals surface area contributed by atoms with Crippen LogP contribution in [0.1, 0.15) is 83.9 Å². The molecule has 2 heteroatoms. The molecule has 1 aliphatic carbocycles. The Morgan fingerprint density at radius 3 is 1.87 bits per heavy atom. The maximum absolute atomic E-state index is 10.2. The van der Waals surface area contributed by atoms with Crippen molar-refractivity contribution in [3.8, 4) is 44.5 Å². The largest absolute Gasteiger partial charge is 0.336 e. The van der Waals surface area contributed by atoms with Crippen LogP contribution >= 0.6 is 0 Å². The highest BCUT2D eigenvalue weighted by Gasteiger charge is 2.36. The summed E-state index contributed by atoms with van der Waals surface area (Å²) in [4.78, 5) is 0.256. The van der Waals surface area contributed by atoms with Gasteiger partial charge in [-0.05, 0) is 110 Å². The van der Waals surface area contributed by atoms with E-state index in [0.717, 1.165) is 11.5 Å². The second kappa shape index (κ2) is 14.4. The molecule has 0 amide bonds. The molecular formula is C58H44N2. The molecule has 0 saturated heterocycles. The minimum atomic E-state index is -3.50. The maximum atomic E-state index is 10.2. The third kappa shape index (κ3) is 6.03. The van der Waals surface area contributed by atoms with Crippen molar-refractivity contribution in [3.05, 3.63) is 234 Å². The summed E-state index contributed by atoms with van der Waals surface area (Å²) >= 11 is 0. The number of benzene rings is 9. The molecule has 1 heterocycles. The molecule has 0 bridgehead atoms. The monoisotopic (exact) mass is 808 g/mol. The molecular weight excluding hydrogens is 725 g/mol. The average molecular weight is 808 g/mol. The quantitative estimate of drug-likeness (QED) is 0.148. The van der Waals surface area contributed by atoms with Gasteiger partial charge in [0, 0.05) is 54.8 Å². The summed E-state index contributed by atoms with van der Waals surface area (Å²) in [6.07, 6.45) is 0. The second-order valence-electron chi connectivity index (χ2n) is 13.3. The molecule has 286 valence electrons. The number of anilines is 3. The summed E-state index contributed by atoms with van der Waals surface area (Å²) in [5.41, 5.74) is -17.4. The smallest absolute Gasteiger partial charge is 0.0648 e. The summed E-state index contributed by atoms with van der Waals surface area (Å²) < 4.78 is 357. The molecule has 0 saturated carbocycles. The van der Waals surface area contributed by atoms with Crippen molar-refractivity contribution in [2.75, 3.05) is 4.90 Å². The summed E-state index contributed by atoms with van der Waals surface area (Å²) in [5, 5.41) is -1.35. The van der Waals surface area contributed by atoms with E-state index in [1.165, 1.54) is 0 Å². The van der Waals surface area contributed by atoms with E-state index in [1.54, 1.807) is 0 Å². The van der Waals surface area contributed by atoms with Crippen molar-refractivity contribution in [2.45, 2.75) is 25.7 Å². The van der Waals surface area contributed by atoms with E-state index in [-0.39, 0.29) is 4.90 Å². The van der Waals surface area contributed by atoms with E-state index in [1.807, 2.05) is 0 Å². The molecule has 9 aromatic carbocycles. The lowest BCUT2D eigenvalue weighted by Gasteiger charge is -2.30. The Balaban J connectivity index is 1.29. The zero-order valence-corrected chi connectivity index (χ0v) is 30.6. The Bertz CT molecular complexity index is 5350. The first-order valence-corrected chi connectivity index (χ1v) is 17.8. The lowest BCUT2D eigenvalue weighted by molar-refractivity contribution is 0.660. The van der Waals surface area contributed by atoms with Crippen molar-refractivity contribution < 1.29 is 53.5 Å². The number of aromatic nitrogens is 1. The minimum absolute atomic E-state index is 0.256. The fourth-order valence-corrected chi connectivity index (χ4v) is 6.97. The maximum Gasteiger partial charge on any atom is 0.0648 e. The van der Waals surface area contributed by atoms with E-state index in [0.29, 0.717) is 0 Å². The molecule has 0 radical (unpaired) electrons. The number of hydrogen-bond acceptors (Lipinski definition) is 1. The zero-order chi connectivity index (χ0) is 74.0. The van der Waals surface area contributed by atoms with Gasteiger partial charge in [0.15, 0.2) is 0 Å². The predicted molar refractivity (Wildman–Crippen MR) is 254 cm³/mol. The van der Waals surface area contributed by atoms with Crippen molar-refractivity contribution in [1.82, 2.24) is 4.57 Å². The van der Waals surface area contributed by atoms with Gasteiger partial charge in [0.25, 0.3) is 0 Å². The van der Waals surface area contributed by atoms with Crippen molar-refractivity contribution in [2.24, 2.45) is 0 Å². The van der Waals surface area contributed by atoms with Crippen molar-refractivity contribution in [3.63, 3.8) is 0 Å². The predicted octanol–water partition coefficient (Wildman–Crippen LogP) is 15.6. The van der Waals surface area contributed by atoms with Crippen LogP contribution in [0.25, 0.3) is 66.3 Å². The first kappa shape index (κ1) is 13.6. The summed E-state index contributed by atoms with van der Waals surface area (Å²) in [5.74, 6) is 0. The van der Waals surface area contributed by atoms with Crippen molar-refractivity contribution in [1.29, 1.82) is 0 Å². The fourth-order valence-electron chi connectivity index (χ4n) is 6.97. The lowest BCUT2D eigenvalue weighted by atomic mass is 9.82. The van der Waals surface area contributed by atoms with E-state index in [9.17, 15) is 20.6 Å². The van der Waals surface area contributed by atoms with Crippen LogP contribution in [0, 0.1) is 0 Å². The highest BCUT2D eigenvalue weighted by molar-refractivity contribution is 6.09. The third-order valence-electron chi connectivity index (χ3n) is 9.68. The van der Waals surface area contributed by atoms with Crippen LogP contribution in [0.5, 0.6) is 0 Å². The van der Waals surface area contributed by atoms with Gasteiger partial charge in [-0.1, -0.05) is 177 Å². The molecule has 11 rings (SSSR count). The van der Waals surface area contributed by atoms with Gasteiger partial charge in [-0.15, -0.1) is 0 Å². The summed E-state index contributed by atoms with van der Waals surface area (Å²) in [7, 11) is 0. The van der Waals surface area contributed by atoms with Gasteiger partial charge in [0.05, 0.1) is 55.0 Å². The standard InChI is InChI=1S/C58H44N2/c1-58(2)53-25-12-9-23-49(53)50-34-33-47(38-54(50)58)60(57-27-14-10-22-48(57)43-19-7-4-8-20-43)46-31-28-42(29-32-46)45-30-35-56-52(37-45)51-24-11-13-26-55(51)59(56)39-40-16-15-21-44(36-40)41-17-5-3-6-18-41/h3-38H,39H2,1-2H3/i1D3,3D,4D,5D,6D,7D,8D,9D,10D,11D,12D,13D,14D,15D,16D,17D,18D,19D,20D,21D,22D,23D,24D,25D,26D,27D,28D,29D,30D,31D,32D,33D,34D,35D,36D,37D,38D. The Kier molecular flexibility index (Phi) is 3.26. The molecule has 1 unspecified atom stereocenters. The fraction of sp³-hybridized carbons (Fsp3) is 0.0690. The Morgan fingerprint density at radius 1 is 0.450 bits per heavy atom. The molecule has 1 aromatic heterocycles. The van der Waals surface area contributed by atoms with Gasteiger partial charge < -0.3 is 9.47 Å². The molecule has 1 atom stereocenters. The molecule has 1 aliphatic rings. The molecule has 0 N–H and O–H groups in total. The van der Waals surface area contributed by atoms with E-state index >= 15 is 0 Å². The van der Waals surface area contributed by atoms with Gasteiger partial charge in [-0.3, -0.25) is 0 Å². The molecule has 0 spiro atoms. The second-order valence-corrected chi connectivity index (χ2v) is 13.3. The van der Waals surface area contributed by atoms with Crippen LogP contribution in [0.15, 0.2) is 218 Å². The zero-order valence-electron chi connectivity index (χ0n) is 69.6. The number of fused-ring (bicyclic) bond motifs is 6. The Morgan fingerprint density at radius 2 is 1.05 bits per heavy atom. The first-order valence-electron chi connectivity index (χ1n) is 37.3. The number of hydrogen-bond donors (Lipinski definition) is 0. The Hall–Kier alpha value is -7.42. The molecule has 2 nitrogen and oxygen atoms in total. The van der Waals surface area contributed by atoms with Crippen LogP contribution in [-0.2, 0) is 12.0 Å². The summed E-state index contributed by atoms with van der Waals surface area (Å²) in [6.45, 7) is -3.62. The van der Waals surface area contributed by atoms with E-state index in [2.05, 4.69) is 0 Å². The van der Waals surface area contributed by atoms with E-state index in [4.69, 9.17) is 32.9 Å². The summed E-state index contributed by atoms with van der Waals surface area (Å²) in [6, 6.07) is -39.4. The molecule has 0 fully saturated rings. The van der Waals surface area contributed by atoms with Gasteiger partial charge >= 0.3 is 0 Å². The highest BCUT2D eigenvalue weighted by atomic mass is 15.1. The molecule has 10 aromatic rings. The Labute approximate surface area is 407 Å². The van der Waals surface area contributed by atoms with Crippen molar-refractivity contribution >= 4 is 38.9 Å². The van der Waals surface area contributed by atoms with Crippen LogP contribution < -0.4 is 4.90 Å². The lowest BCUT2D eigenvalue weighted by Crippen LogP contribution is -2.16. The minimum Gasteiger partial charge on any atom is -0.336 e. The number of nitrogens with zero attached hydrogens (tertiary/aromatic N) is 2. The third-order valence-corrected chi connectivity index (χ3v) is 9.68. The van der Waals surface area contributed by atoms with Crippen LogP contribution in [0.4, 0.5) is 17.1 Å². The molecule has 0 aliphatic heterocycles. The highest BCUT2D eigenvalue weighted by Crippen LogP contribution is 2.51. The topological polar surface area (TPSA) is 8.17 Å². The SMILES string of the molecule is [2H]c1c([2H])c([2H])c(-c2c([2H])c([2H])c([2H])c(Cn3c4c([2H])c([2H])c([2H])c([2H])c4c4c([2H])c(-c5c([2H])c([2H])c(N(c6c([2H])c([2H])c7c(c6[2H])C(C)(C([2H])([2H])[2H])c6c([2H])c([2H])c([2H])c([2H])c6-7)c6c([2H])c([2H])c([2H])c([2H])c6-c6c([2H])c([2H])c([2H])c([2H])c6[2H])c([2H])c5[2H])c([2H])c([2H])c43)c2[2H])c([2H])c1[2H]. The van der Waals surface area contributed by atoms with Crippen LogP contribution in [-0.4, -0.2) is 4.57 Å². The van der Waals surface area contributed by atoms with Gasteiger partial charge in [0.1, 0.15) is 0 Å². The molecule has 60 heavy (non-hydrogen) atoms. The number of para-hydroxylation sites is 2.